The van der Waals surface area contributed by atoms with Gasteiger partial charge in [-0.1, -0.05) is 6.07 Å². The van der Waals surface area contributed by atoms with E-state index < -0.39 is 13.0 Å². The van der Waals surface area contributed by atoms with Gasteiger partial charge in [0.2, 0.25) is 0 Å². The fourth-order valence-electron chi connectivity index (χ4n) is 0.445. The second-order valence-electron chi connectivity index (χ2n) is 1.37. The molecule has 1 heterocycles. The van der Waals surface area contributed by atoms with Crippen LogP contribution in [0.3, 0.4) is 0 Å². The van der Waals surface area contributed by atoms with Crippen LogP contribution >= 0.6 is 11.3 Å². The third kappa shape index (κ3) is 1.29. The maximum absolute atomic E-state index is 10.9. The number of methoxy groups -OCH3 is 1. The predicted octanol–water partition coefficient (Wildman–Crippen LogP) is 1.53. The molecule has 2 nitrogen and oxygen atoms in total. The van der Waals surface area contributed by atoms with Crippen LogP contribution in [-0.4, -0.2) is 13.0 Å². The topological polar surface area (TPSA) is 26.3 Å². The van der Waals surface area contributed by atoms with Crippen LogP contribution in [0.4, 0.5) is 0 Å². The lowest BCUT2D eigenvalue weighted by Crippen LogP contribution is -1.96. The number of hydrogen-bond acceptors (Lipinski definition) is 3. The van der Waals surface area contributed by atoms with Gasteiger partial charge in [-0.2, -0.15) is 0 Å². The lowest BCUT2D eigenvalue weighted by atomic mass is 10.5. The number of carbonyl (C=O) groups excluding carboxylic acids is 1. The van der Waals surface area contributed by atoms with Crippen LogP contribution in [0.5, 0.6) is 0 Å². The van der Waals surface area contributed by atoms with Gasteiger partial charge in [-0.05, 0) is 11.4 Å². The smallest absolute Gasteiger partial charge is 0.348 e. The highest BCUT2D eigenvalue weighted by atomic mass is 32.1. The molecule has 0 atom stereocenters. The zero-order chi connectivity index (χ0) is 9.19. The second kappa shape index (κ2) is 2.64. The lowest BCUT2D eigenvalue weighted by molar-refractivity contribution is 0.0606. The third-order valence-corrected chi connectivity index (χ3v) is 1.66. The number of thiophene rings is 1. The van der Waals surface area contributed by atoms with Crippen LogP contribution in [0, 0.1) is 0 Å². The fourth-order valence-corrected chi connectivity index (χ4v) is 1.04. The zero-order valence-electron chi connectivity index (χ0n) is 7.46. The molecule has 0 aromatic carbocycles. The van der Waals surface area contributed by atoms with Crippen LogP contribution in [0.15, 0.2) is 17.5 Å². The molecule has 0 N–H and O–H groups in total. The normalized spacial score (nSPS) is 15.3. The van der Waals surface area contributed by atoms with E-state index in [0.29, 0.717) is 4.88 Å². The molecule has 0 radical (unpaired) electrons. The summed E-state index contributed by atoms with van der Waals surface area (Å²) in [7, 11) is -2.65. The Balaban J connectivity index is 2.63. The monoisotopic (exact) mass is 145 g/mol. The standard InChI is InChI=1S/C6H6O2S/c1-8-6(7)5-3-2-4-9-5/h2-4H,1H3/i1D3. The molecule has 0 amide bonds. The first-order chi connectivity index (χ1) is 5.49. The number of carbonyl (C=O) groups is 1. The van der Waals surface area contributed by atoms with Gasteiger partial charge in [0.1, 0.15) is 4.88 Å². The quantitative estimate of drug-likeness (QED) is 0.560. The minimum absolute atomic E-state index is 0.297. The van der Waals surface area contributed by atoms with E-state index in [0.717, 1.165) is 11.3 Å². The predicted molar refractivity (Wildman–Crippen MR) is 35.7 cm³/mol. The van der Waals surface area contributed by atoms with Crippen molar-refractivity contribution in [1.29, 1.82) is 0 Å². The summed E-state index contributed by atoms with van der Waals surface area (Å²) in [6, 6.07) is 3.17. The van der Waals surface area contributed by atoms with Crippen molar-refractivity contribution in [2.45, 2.75) is 0 Å². The first kappa shape index (κ1) is 3.37. The van der Waals surface area contributed by atoms with E-state index in [1.807, 2.05) is 0 Å². The fraction of sp³-hybridized carbons (Fsp3) is 0.167. The van der Waals surface area contributed by atoms with Gasteiger partial charge in [-0.25, -0.2) is 4.79 Å². The Morgan fingerprint density at radius 1 is 2.00 bits per heavy atom. The molecule has 0 aliphatic carbocycles. The summed E-state index contributed by atoms with van der Waals surface area (Å²) < 4.78 is 24.1. The maximum Gasteiger partial charge on any atom is 0.348 e. The highest BCUT2D eigenvalue weighted by Crippen LogP contribution is 2.08. The summed E-state index contributed by atoms with van der Waals surface area (Å²) in [6.45, 7) is 0. The Morgan fingerprint density at radius 2 is 2.89 bits per heavy atom. The molecule has 0 saturated heterocycles. The van der Waals surface area contributed by atoms with Crippen LogP contribution in [0.1, 0.15) is 13.8 Å². The summed E-state index contributed by atoms with van der Waals surface area (Å²) in [4.78, 5) is 11.2. The first-order valence-electron chi connectivity index (χ1n) is 3.76. The van der Waals surface area contributed by atoms with Crippen molar-refractivity contribution in [1.82, 2.24) is 0 Å². The Morgan fingerprint density at radius 3 is 3.44 bits per heavy atom. The van der Waals surface area contributed by atoms with Gasteiger partial charge < -0.3 is 4.74 Å². The van der Waals surface area contributed by atoms with Crippen molar-refractivity contribution in [3.63, 3.8) is 0 Å². The van der Waals surface area contributed by atoms with Gasteiger partial charge >= 0.3 is 5.97 Å². The van der Waals surface area contributed by atoms with Crippen molar-refractivity contribution in [2.24, 2.45) is 0 Å². The summed E-state index contributed by atoms with van der Waals surface area (Å²) >= 11 is 1.15. The summed E-state index contributed by atoms with van der Waals surface area (Å²) in [6.07, 6.45) is 0. The van der Waals surface area contributed by atoms with Crippen molar-refractivity contribution in [3.05, 3.63) is 22.4 Å². The molecular formula is C6H6O2S. The number of esters is 1. The summed E-state index contributed by atoms with van der Waals surface area (Å²) in [5.41, 5.74) is 0. The van der Waals surface area contributed by atoms with Gasteiger partial charge in [0.15, 0.2) is 0 Å². The number of rotatable bonds is 1. The van der Waals surface area contributed by atoms with Gasteiger partial charge in [0, 0.05) is 0 Å². The minimum atomic E-state index is -2.65. The van der Waals surface area contributed by atoms with Crippen molar-refractivity contribution in [3.8, 4) is 0 Å². The van der Waals surface area contributed by atoms with Gasteiger partial charge in [-0.3, -0.25) is 0 Å². The van der Waals surface area contributed by atoms with Gasteiger partial charge in [-0.15, -0.1) is 11.3 Å². The zero-order valence-corrected chi connectivity index (χ0v) is 5.27. The Hall–Kier alpha value is -0.830. The molecule has 1 rings (SSSR count). The molecule has 3 heteroatoms. The third-order valence-electron chi connectivity index (χ3n) is 0.815. The molecule has 0 aliphatic heterocycles. The molecule has 0 bridgehead atoms. The maximum atomic E-state index is 10.9. The van der Waals surface area contributed by atoms with Crippen LogP contribution in [-0.2, 0) is 4.74 Å². The van der Waals surface area contributed by atoms with Crippen LogP contribution in [0.25, 0.3) is 0 Å². The lowest BCUT2D eigenvalue weighted by Gasteiger charge is -1.90. The van der Waals surface area contributed by atoms with E-state index in [-0.39, 0.29) is 0 Å². The van der Waals surface area contributed by atoms with E-state index in [1.165, 1.54) is 6.07 Å². The van der Waals surface area contributed by atoms with Crippen molar-refractivity contribution < 1.29 is 13.6 Å². The molecule has 0 unspecified atom stereocenters. The SMILES string of the molecule is [2H]C([2H])([2H])OC(=O)c1cccs1. The van der Waals surface area contributed by atoms with E-state index in [4.69, 9.17) is 4.11 Å². The molecule has 9 heavy (non-hydrogen) atoms. The summed E-state index contributed by atoms with van der Waals surface area (Å²) in [5.74, 6) is -0.801. The van der Waals surface area contributed by atoms with E-state index >= 15 is 0 Å². The second-order valence-corrected chi connectivity index (χ2v) is 2.31. The average molecular weight is 145 g/mol. The van der Waals surface area contributed by atoms with Crippen molar-refractivity contribution in [2.75, 3.05) is 7.04 Å². The van der Waals surface area contributed by atoms with E-state index in [2.05, 4.69) is 4.74 Å². The highest BCUT2D eigenvalue weighted by Gasteiger charge is 2.03. The van der Waals surface area contributed by atoms with Crippen LogP contribution in [0.2, 0.25) is 0 Å². The Kier molecular flexibility index (Phi) is 0.987. The number of ether oxygens (including phenoxy) is 1. The van der Waals surface area contributed by atoms with Crippen molar-refractivity contribution >= 4 is 17.3 Å². The molecule has 0 fully saturated rings. The van der Waals surface area contributed by atoms with Crippen LogP contribution < -0.4 is 0 Å². The average Bonchev–Trinajstić information content (AvgIpc) is 2.32. The van der Waals surface area contributed by atoms with E-state index in [9.17, 15) is 4.79 Å². The van der Waals surface area contributed by atoms with Gasteiger partial charge in [0.25, 0.3) is 0 Å². The molecule has 48 valence electrons. The Labute approximate surface area is 61.3 Å². The molecule has 0 spiro atoms. The first-order valence-corrected chi connectivity index (χ1v) is 3.14. The molecule has 1 aromatic heterocycles. The Bertz CT molecular complexity index is 265. The van der Waals surface area contributed by atoms with Gasteiger partial charge in [0.05, 0.1) is 11.2 Å². The molecule has 0 aliphatic rings. The molecule has 0 saturated carbocycles. The molecule has 1 aromatic rings. The molecular weight excluding hydrogens is 136 g/mol. The largest absolute Gasteiger partial charge is 0.465 e. The number of hydrogen-bond donors (Lipinski definition) is 0. The summed E-state index contributed by atoms with van der Waals surface area (Å²) in [5, 5.41) is 1.68. The van der Waals surface area contributed by atoms with E-state index in [1.54, 1.807) is 11.4 Å². The highest BCUT2D eigenvalue weighted by molar-refractivity contribution is 7.11. The minimum Gasteiger partial charge on any atom is -0.465 e.